The highest BCUT2D eigenvalue weighted by Crippen LogP contribution is 2.11. The van der Waals surface area contributed by atoms with Crippen molar-refractivity contribution in [2.24, 2.45) is 0 Å². The number of hydrogen-bond donors (Lipinski definition) is 2. The average molecular weight is 252 g/mol. The summed E-state index contributed by atoms with van der Waals surface area (Å²) in [6, 6.07) is 15.5. The van der Waals surface area contributed by atoms with Gasteiger partial charge in [0.05, 0.1) is 11.6 Å². The van der Waals surface area contributed by atoms with Gasteiger partial charge in [-0.15, -0.1) is 0 Å². The Balaban J connectivity index is 1.97. The molecular formula is C15H16N4. The normalized spacial score (nSPS) is 9.68. The lowest BCUT2D eigenvalue weighted by Gasteiger charge is -2.08. The Morgan fingerprint density at radius 2 is 1.74 bits per heavy atom. The molecule has 4 nitrogen and oxygen atoms in total. The molecule has 0 radical (unpaired) electrons. The molecule has 96 valence electrons. The summed E-state index contributed by atoms with van der Waals surface area (Å²) in [5, 5.41) is 15.2. The summed E-state index contributed by atoms with van der Waals surface area (Å²) < 4.78 is 0. The fourth-order valence-electron chi connectivity index (χ4n) is 1.70. The molecule has 0 bridgehead atoms. The molecule has 1 aromatic carbocycles. The Hall–Kier alpha value is -2.54. The number of nitrogens with one attached hydrogen (secondary N) is 2. The van der Waals surface area contributed by atoms with E-state index in [0.29, 0.717) is 12.1 Å². The second kappa shape index (κ2) is 6.41. The number of nitriles is 1. The standard InChI is InChI=1S/C15H16N4/c1-2-17-14-4-3-5-15(19-14)18-11-13-8-6-12(10-16)7-9-13/h3-9H,2,11H2,1H3,(H2,17,18,19). The molecule has 0 spiro atoms. The summed E-state index contributed by atoms with van der Waals surface area (Å²) in [5.41, 5.74) is 1.80. The smallest absolute Gasteiger partial charge is 0.128 e. The van der Waals surface area contributed by atoms with Crippen molar-refractivity contribution in [1.29, 1.82) is 5.26 Å². The van der Waals surface area contributed by atoms with Gasteiger partial charge in [-0.05, 0) is 36.8 Å². The number of nitrogens with zero attached hydrogens (tertiary/aromatic N) is 2. The van der Waals surface area contributed by atoms with Crippen LogP contribution >= 0.6 is 0 Å². The minimum atomic E-state index is 0.677. The second-order valence-corrected chi connectivity index (χ2v) is 4.10. The quantitative estimate of drug-likeness (QED) is 0.858. The van der Waals surface area contributed by atoms with E-state index in [1.807, 2.05) is 49.4 Å². The lowest BCUT2D eigenvalue weighted by Crippen LogP contribution is -2.04. The van der Waals surface area contributed by atoms with Crippen LogP contribution in [0.3, 0.4) is 0 Å². The summed E-state index contributed by atoms with van der Waals surface area (Å²) in [7, 11) is 0. The first-order chi connectivity index (χ1) is 9.31. The van der Waals surface area contributed by atoms with Crippen LogP contribution in [-0.4, -0.2) is 11.5 Å². The van der Waals surface area contributed by atoms with E-state index in [1.165, 1.54) is 0 Å². The van der Waals surface area contributed by atoms with Crippen LogP contribution in [-0.2, 0) is 6.54 Å². The molecule has 1 heterocycles. The van der Waals surface area contributed by atoms with Gasteiger partial charge in [-0.25, -0.2) is 4.98 Å². The summed E-state index contributed by atoms with van der Waals surface area (Å²) in [6.45, 7) is 3.58. The monoisotopic (exact) mass is 252 g/mol. The van der Waals surface area contributed by atoms with Crippen LogP contribution < -0.4 is 10.6 Å². The Kier molecular flexibility index (Phi) is 4.35. The van der Waals surface area contributed by atoms with Crippen molar-refractivity contribution in [2.45, 2.75) is 13.5 Å². The van der Waals surface area contributed by atoms with Crippen LogP contribution in [0, 0.1) is 11.3 Å². The summed E-state index contributed by atoms with van der Waals surface area (Å²) >= 11 is 0. The topological polar surface area (TPSA) is 60.7 Å². The maximum atomic E-state index is 8.73. The fraction of sp³-hybridized carbons (Fsp3) is 0.200. The zero-order chi connectivity index (χ0) is 13.5. The first-order valence-electron chi connectivity index (χ1n) is 6.25. The molecule has 0 fully saturated rings. The van der Waals surface area contributed by atoms with Gasteiger partial charge in [-0.3, -0.25) is 0 Å². The zero-order valence-electron chi connectivity index (χ0n) is 10.9. The Bertz CT molecular complexity index is 569. The minimum Gasteiger partial charge on any atom is -0.370 e. The van der Waals surface area contributed by atoms with Crippen molar-refractivity contribution < 1.29 is 0 Å². The fourth-order valence-corrected chi connectivity index (χ4v) is 1.70. The third-order valence-corrected chi connectivity index (χ3v) is 2.66. The lowest BCUT2D eigenvalue weighted by atomic mass is 10.1. The number of rotatable bonds is 5. The van der Waals surface area contributed by atoms with Gasteiger partial charge in [0.25, 0.3) is 0 Å². The van der Waals surface area contributed by atoms with Crippen LogP contribution in [0.2, 0.25) is 0 Å². The van der Waals surface area contributed by atoms with Gasteiger partial charge in [-0.2, -0.15) is 5.26 Å². The molecular weight excluding hydrogens is 236 g/mol. The molecule has 2 aromatic rings. The summed E-state index contributed by atoms with van der Waals surface area (Å²) in [5.74, 6) is 1.70. The molecule has 19 heavy (non-hydrogen) atoms. The van der Waals surface area contributed by atoms with Crippen LogP contribution in [0.15, 0.2) is 42.5 Å². The predicted octanol–water partition coefficient (Wildman–Crippen LogP) is 3.00. The highest BCUT2D eigenvalue weighted by Gasteiger charge is 1.98. The van der Waals surface area contributed by atoms with Gasteiger partial charge in [0.1, 0.15) is 11.6 Å². The van der Waals surface area contributed by atoms with Gasteiger partial charge in [-0.1, -0.05) is 18.2 Å². The molecule has 0 aliphatic rings. The number of pyridine rings is 1. The van der Waals surface area contributed by atoms with Gasteiger partial charge < -0.3 is 10.6 Å². The van der Waals surface area contributed by atoms with Crippen LogP contribution in [0.25, 0.3) is 0 Å². The average Bonchev–Trinajstić information content (AvgIpc) is 2.46. The molecule has 0 saturated carbocycles. The van der Waals surface area contributed by atoms with Crippen molar-refractivity contribution in [2.75, 3.05) is 17.2 Å². The van der Waals surface area contributed by atoms with E-state index in [1.54, 1.807) is 0 Å². The predicted molar refractivity (Wildman–Crippen MR) is 76.9 cm³/mol. The molecule has 1 aromatic heterocycles. The molecule has 0 saturated heterocycles. The number of anilines is 2. The van der Waals surface area contributed by atoms with Crippen molar-refractivity contribution in [3.05, 3.63) is 53.6 Å². The first-order valence-corrected chi connectivity index (χ1v) is 6.25. The van der Waals surface area contributed by atoms with Gasteiger partial charge in [0.2, 0.25) is 0 Å². The Morgan fingerprint density at radius 1 is 1.05 bits per heavy atom. The Labute approximate surface area is 113 Å². The highest BCUT2D eigenvalue weighted by atomic mass is 15.1. The van der Waals surface area contributed by atoms with E-state index >= 15 is 0 Å². The molecule has 0 atom stereocenters. The summed E-state index contributed by atoms with van der Waals surface area (Å²) in [4.78, 5) is 4.44. The van der Waals surface area contributed by atoms with Crippen molar-refractivity contribution in [3.63, 3.8) is 0 Å². The lowest BCUT2D eigenvalue weighted by molar-refractivity contribution is 1.10. The molecule has 2 rings (SSSR count). The highest BCUT2D eigenvalue weighted by molar-refractivity contribution is 5.45. The summed E-state index contributed by atoms with van der Waals surface area (Å²) in [6.07, 6.45) is 0. The molecule has 0 aliphatic heterocycles. The van der Waals surface area contributed by atoms with E-state index in [9.17, 15) is 0 Å². The van der Waals surface area contributed by atoms with Crippen LogP contribution in [0.1, 0.15) is 18.1 Å². The van der Waals surface area contributed by atoms with E-state index in [4.69, 9.17) is 5.26 Å². The largest absolute Gasteiger partial charge is 0.370 e. The molecule has 0 unspecified atom stereocenters. The van der Waals surface area contributed by atoms with Crippen molar-refractivity contribution in [3.8, 4) is 6.07 Å². The second-order valence-electron chi connectivity index (χ2n) is 4.10. The van der Waals surface area contributed by atoms with Crippen molar-refractivity contribution >= 4 is 11.6 Å². The third kappa shape index (κ3) is 3.71. The van der Waals surface area contributed by atoms with E-state index < -0.39 is 0 Å². The van der Waals surface area contributed by atoms with Crippen LogP contribution in [0.5, 0.6) is 0 Å². The number of hydrogen-bond acceptors (Lipinski definition) is 4. The minimum absolute atomic E-state index is 0.677. The molecule has 4 heteroatoms. The maximum Gasteiger partial charge on any atom is 0.128 e. The zero-order valence-corrected chi connectivity index (χ0v) is 10.9. The van der Waals surface area contributed by atoms with Gasteiger partial charge >= 0.3 is 0 Å². The van der Waals surface area contributed by atoms with Crippen molar-refractivity contribution in [1.82, 2.24) is 4.98 Å². The van der Waals surface area contributed by atoms with E-state index in [0.717, 1.165) is 23.7 Å². The third-order valence-electron chi connectivity index (χ3n) is 2.66. The Morgan fingerprint density at radius 3 is 2.37 bits per heavy atom. The number of aromatic nitrogens is 1. The van der Waals surface area contributed by atoms with Gasteiger partial charge in [0, 0.05) is 13.1 Å². The van der Waals surface area contributed by atoms with E-state index in [-0.39, 0.29) is 0 Å². The number of benzene rings is 1. The van der Waals surface area contributed by atoms with Crippen LogP contribution in [0.4, 0.5) is 11.6 Å². The maximum absolute atomic E-state index is 8.73. The molecule has 0 amide bonds. The SMILES string of the molecule is CCNc1cccc(NCc2ccc(C#N)cc2)n1. The molecule has 2 N–H and O–H groups in total. The molecule has 0 aliphatic carbocycles. The van der Waals surface area contributed by atoms with E-state index in [2.05, 4.69) is 21.7 Å². The van der Waals surface area contributed by atoms with Gasteiger partial charge in [0.15, 0.2) is 0 Å². The first kappa shape index (κ1) is 12.9.